The summed E-state index contributed by atoms with van der Waals surface area (Å²) in [5, 5.41) is 0. The summed E-state index contributed by atoms with van der Waals surface area (Å²) in [5.41, 5.74) is 2.33. The van der Waals surface area contributed by atoms with Gasteiger partial charge in [-0.1, -0.05) is 0 Å². The first-order valence-electron chi connectivity index (χ1n) is 2.50. The Morgan fingerprint density at radius 3 is 2.33 bits per heavy atom. The maximum absolute atomic E-state index is 4.88. The summed E-state index contributed by atoms with van der Waals surface area (Å²) in [6, 6.07) is 0. The molecule has 0 saturated heterocycles. The molecule has 0 aliphatic rings. The van der Waals surface area contributed by atoms with Crippen molar-refractivity contribution in [1.29, 1.82) is 0 Å². The molecule has 0 aliphatic carbocycles. The molecule has 4 heteroatoms. The van der Waals surface area contributed by atoms with E-state index in [1.54, 1.807) is 0 Å². The zero-order chi connectivity index (χ0) is 6.27. The molecule has 9 heavy (non-hydrogen) atoms. The van der Waals surface area contributed by atoms with Gasteiger partial charge >= 0.3 is 62.4 Å². The topological polar surface area (TPSA) is 31.6 Å². The number of aromatic nitrogens is 2. The molecule has 2 aromatic heterocycles. The molecule has 0 unspecified atom stereocenters. The van der Waals surface area contributed by atoms with Crippen LogP contribution >= 0.6 is 12.2 Å². The molecule has 2 N–H and O–H groups in total. The van der Waals surface area contributed by atoms with Crippen molar-refractivity contribution in [2.75, 3.05) is 0 Å². The number of nitrogens with one attached hydrogen (secondary N) is 2. The Kier molecular flexibility index (Phi) is 1.12. The molecule has 2 rings (SSSR count). The van der Waals surface area contributed by atoms with Crippen LogP contribution in [0.2, 0.25) is 0 Å². The van der Waals surface area contributed by atoms with Gasteiger partial charge in [-0.3, -0.25) is 0 Å². The van der Waals surface area contributed by atoms with E-state index in [0.29, 0.717) is 14.5 Å². The number of hydrogen-bond donors (Lipinski definition) is 2. The molecule has 0 aliphatic heterocycles. The van der Waals surface area contributed by atoms with Crippen LogP contribution in [0.1, 0.15) is 0 Å². The van der Waals surface area contributed by atoms with Crippen molar-refractivity contribution in [2.45, 2.75) is 0 Å². The van der Waals surface area contributed by atoms with Gasteiger partial charge in [-0.25, -0.2) is 0 Å². The van der Waals surface area contributed by atoms with Gasteiger partial charge in [0.15, 0.2) is 0 Å². The van der Waals surface area contributed by atoms with Crippen LogP contribution < -0.4 is 0 Å². The predicted octanol–water partition coefficient (Wildman–Crippen LogP) is 1.28. The van der Waals surface area contributed by atoms with E-state index in [4.69, 9.17) is 12.2 Å². The first kappa shape index (κ1) is 5.47. The summed E-state index contributed by atoms with van der Waals surface area (Å²) >= 11 is 5.42. The summed E-state index contributed by atoms with van der Waals surface area (Å²) in [6.45, 7) is 0. The van der Waals surface area contributed by atoms with E-state index < -0.39 is 0 Å². The van der Waals surface area contributed by atoms with Crippen LogP contribution in [0, 0.1) is 4.77 Å². The number of hydrogen-bond acceptors (Lipinski definition) is 1. The Hall–Kier alpha value is -0.311. The fourth-order valence-corrected chi connectivity index (χ4v) is 2.48. The molecular formula is C5H4N2SSe. The van der Waals surface area contributed by atoms with Gasteiger partial charge in [0.2, 0.25) is 0 Å². The monoisotopic (exact) mass is 204 g/mol. The molecule has 2 nitrogen and oxygen atoms in total. The van der Waals surface area contributed by atoms with Crippen LogP contribution in [0.25, 0.3) is 11.0 Å². The summed E-state index contributed by atoms with van der Waals surface area (Å²) < 4.78 is 0.725. The normalized spacial score (nSPS) is 10.7. The molecule has 2 aromatic rings. The van der Waals surface area contributed by atoms with Crippen LogP contribution in [-0.2, 0) is 0 Å². The molecule has 0 aromatic carbocycles. The van der Waals surface area contributed by atoms with Crippen LogP contribution in [0.15, 0.2) is 9.88 Å². The third-order valence-corrected chi connectivity index (χ3v) is 2.92. The van der Waals surface area contributed by atoms with E-state index in [-0.39, 0.29) is 0 Å². The Labute approximate surface area is 62.7 Å². The van der Waals surface area contributed by atoms with Gasteiger partial charge in [-0.05, 0) is 0 Å². The van der Waals surface area contributed by atoms with Crippen LogP contribution in [0.5, 0.6) is 0 Å². The number of aromatic amines is 2. The number of fused-ring (bicyclic) bond motifs is 1. The van der Waals surface area contributed by atoms with Crippen molar-refractivity contribution in [3.8, 4) is 0 Å². The van der Waals surface area contributed by atoms with Crippen molar-refractivity contribution in [1.82, 2.24) is 9.97 Å². The van der Waals surface area contributed by atoms with Gasteiger partial charge in [0.05, 0.1) is 0 Å². The minimum atomic E-state index is 0.542. The van der Waals surface area contributed by atoms with E-state index in [9.17, 15) is 0 Å². The molecule has 0 bridgehead atoms. The van der Waals surface area contributed by atoms with Crippen molar-refractivity contribution < 1.29 is 0 Å². The van der Waals surface area contributed by atoms with Crippen molar-refractivity contribution >= 4 is 37.8 Å². The van der Waals surface area contributed by atoms with Crippen LogP contribution in [0.4, 0.5) is 0 Å². The minimum absolute atomic E-state index is 0.542. The molecular weight excluding hydrogens is 199 g/mol. The second-order valence-corrected chi connectivity index (χ2v) is 3.75. The van der Waals surface area contributed by atoms with Crippen LogP contribution in [0.3, 0.4) is 0 Å². The third kappa shape index (κ3) is 0.795. The second-order valence-electron chi connectivity index (χ2n) is 1.78. The van der Waals surface area contributed by atoms with E-state index >= 15 is 0 Å². The molecule has 0 fully saturated rings. The fourth-order valence-electron chi connectivity index (χ4n) is 0.767. The summed E-state index contributed by atoms with van der Waals surface area (Å²) in [5.74, 6) is 0. The average Bonchev–Trinajstić information content (AvgIpc) is 2.22. The van der Waals surface area contributed by atoms with Crippen molar-refractivity contribution in [3.63, 3.8) is 0 Å². The molecule has 2 heterocycles. The second kappa shape index (κ2) is 1.84. The Balaban J connectivity index is 3.08. The molecule has 0 radical (unpaired) electrons. The van der Waals surface area contributed by atoms with Crippen molar-refractivity contribution in [3.05, 3.63) is 14.7 Å². The van der Waals surface area contributed by atoms with Gasteiger partial charge in [-0.15, -0.1) is 0 Å². The van der Waals surface area contributed by atoms with Gasteiger partial charge < -0.3 is 0 Å². The molecule has 0 atom stereocenters. The fraction of sp³-hybridized carbons (Fsp3) is 0. The predicted molar refractivity (Wildman–Crippen MR) is 40.4 cm³/mol. The maximum atomic E-state index is 4.88. The Morgan fingerprint density at radius 2 is 1.78 bits per heavy atom. The number of imidazole rings is 1. The van der Waals surface area contributed by atoms with E-state index in [1.165, 1.54) is 11.0 Å². The SMILES string of the molecule is S=c1[nH]c2c[se]cc2[nH]1. The first-order valence-corrected chi connectivity index (χ1v) is 4.89. The molecule has 0 spiro atoms. The molecule has 0 amide bonds. The van der Waals surface area contributed by atoms with Crippen LogP contribution in [-0.4, -0.2) is 24.5 Å². The standard InChI is InChI=1S/C5H4N2SSe/c8-5-6-3-1-9-2-4(3)7-5/h1-2H,(H2,6,7,8). The zero-order valence-electron chi connectivity index (χ0n) is 4.47. The molecule has 0 saturated carbocycles. The van der Waals surface area contributed by atoms with Gasteiger partial charge in [-0.2, -0.15) is 0 Å². The van der Waals surface area contributed by atoms with Gasteiger partial charge in [0.25, 0.3) is 0 Å². The summed E-state index contributed by atoms with van der Waals surface area (Å²) in [6.07, 6.45) is 0. The van der Waals surface area contributed by atoms with Crippen molar-refractivity contribution in [2.24, 2.45) is 0 Å². The van der Waals surface area contributed by atoms with Gasteiger partial charge in [0, 0.05) is 0 Å². The first-order chi connectivity index (χ1) is 4.36. The van der Waals surface area contributed by atoms with E-state index in [0.717, 1.165) is 4.77 Å². The Morgan fingerprint density at radius 1 is 1.22 bits per heavy atom. The summed E-state index contributed by atoms with van der Waals surface area (Å²) in [4.78, 5) is 10.4. The number of H-pyrrole nitrogens is 2. The summed E-state index contributed by atoms with van der Waals surface area (Å²) in [7, 11) is 0. The Bertz CT molecular complexity index is 338. The quantitative estimate of drug-likeness (QED) is 0.490. The molecule has 46 valence electrons. The third-order valence-electron chi connectivity index (χ3n) is 1.16. The average molecular weight is 203 g/mol. The number of rotatable bonds is 0. The van der Waals surface area contributed by atoms with Gasteiger partial charge in [0.1, 0.15) is 0 Å². The van der Waals surface area contributed by atoms with E-state index in [1.807, 2.05) is 0 Å². The zero-order valence-corrected chi connectivity index (χ0v) is 7.00. The van der Waals surface area contributed by atoms with E-state index in [2.05, 4.69) is 19.8 Å².